The topological polar surface area (TPSA) is 153 Å². The zero-order chi connectivity index (χ0) is 20.6. The number of carboxylic acid groups (broad SMARTS) is 2. The Balaban J connectivity index is 2.63. The number of aliphatic hydroxyl groups is 2. The van der Waals surface area contributed by atoms with Gasteiger partial charge in [0.2, 0.25) is 5.60 Å². The molecule has 0 fully saturated rings. The number of halogens is 1. The maximum Gasteiger partial charge on any atom is 0.340 e. The molecule has 0 aromatic heterocycles. The fraction of sp³-hybridized carbons (Fsp3) is 0.471. The second-order valence-electron chi connectivity index (χ2n) is 5.87. The van der Waals surface area contributed by atoms with Crippen molar-refractivity contribution >= 4 is 29.5 Å². The molecule has 0 aliphatic rings. The minimum Gasteiger partial charge on any atom is -0.481 e. The van der Waals surface area contributed by atoms with Crippen molar-refractivity contribution in [1.82, 2.24) is 5.32 Å². The number of ether oxygens (including phenoxy) is 1. The lowest BCUT2D eigenvalue weighted by Crippen LogP contribution is -2.56. The normalized spacial score (nSPS) is 15.4. The van der Waals surface area contributed by atoms with Crippen LogP contribution in [0.1, 0.15) is 25.3 Å². The van der Waals surface area contributed by atoms with E-state index in [1.54, 1.807) is 19.1 Å². The molecule has 9 nitrogen and oxygen atoms in total. The molecule has 5 N–H and O–H groups in total. The number of carboxylic acids is 2. The Bertz CT molecular complexity index is 665. The van der Waals surface area contributed by atoms with Gasteiger partial charge in [-0.25, -0.2) is 9.59 Å². The van der Waals surface area contributed by atoms with E-state index >= 15 is 0 Å². The van der Waals surface area contributed by atoms with Crippen molar-refractivity contribution in [3.63, 3.8) is 0 Å². The van der Waals surface area contributed by atoms with Gasteiger partial charge in [0.15, 0.2) is 12.3 Å². The maximum atomic E-state index is 12.0. The summed E-state index contributed by atoms with van der Waals surface area (Å²) in [6.07, 6.45) is -3.89. The number of esters is 1. The summed E-state index contributed by atoms with van der Waals surface area (Å²) in [5, 5.41) is 40.9. The molecule has 1 rings (SSSR count). The van der Waals surface area contributed by atoms with Gasteiger partial charge in [0.1, 0.15) is 0 Å². The van der Waals surface area contributed by atoms with Gasteiger partial charge in [0.25, 0.3) is 0 Å². The minimum absolute atomic E-state index is 0.295. The van der Waals surface area contributed by atoms with Gasteiger partial charge in [-0.05, 0) is 30.5 Å². The van der Waals surface area contributed by atoms with E-state index < -0.39 is 42.3 Å². The van der Waals surface area contributed by atoms with Gasteiger partial charge in [-0.3, -0.25) is 10.1 Å². The highest BCUT2D eigenvalue weighted by atomic mass is 35.5. The predicted octanol–water partition coefficient (Wildman–Crippen LogP) is 0.403. The number of carbonyl (C=O) groups is 3. The summed E-state index contributed by atoms with van der Waals surface area (Å²) in [7, 11) is 0. The Hall–Kier alpha value is -2.20. The molecule has 0 aliphatic heterocycles. The molecule has 0 heterocycles. The zero-order valence-corrected chi connectivity index (χ0v) is 15.3. The molecule has 0 saturated heterocycles. The number of rotatable bonds is 11. The van der Waals surface area contributed by atoms with E-state index in [2.05, 4.69) is 5.32 Å². The summed E-state index contributed by atoms with van der Waals surface area (Å²) in [5.74, 6) is -5.18. The van der Waals surface area contributed by atoms with Crippen molar-refractivity contribution in [3.05, 3.63) is 34.9 Å². The first-order valence-electron chi connectivity index (χ1n) is 8.14. The van der Waals surface area contributed by atoms with Crippen molar-refractivity contribution in [1.29, 1.82) is 0 Å². The predicted molar refractivity (Wildman–Crippen MR) is 94.2 cm³/mol. The van der Waals surface area contributed by atoms with Crippen molar-refractivity contribution in [2.24, 2.45) is 0 Å². The summed E-state index contributed by atoms with van der Waals surface area (Å²) >= 11 is 5.80. The van der Waals surface area contributed by atoms with Gasteiger partial charge in [-0.15, -0.1) is 0 Å². The largest absolute Gasteiger partial charge is 0.481 e. The second kappa shape index (κ2) is 10.2. The number of aliphatic hydroxyl groups excluding tert-OH is 1. The van der Waals surface area contributed by atoms with Crippen LogP contribution in [0.5, 0.6) is 0 Å². The molecular formula is C17H22ClNO8. The van der Waals surface area contributed by atoms with E-state index in [9.17, 15) is 24.6 Å². The quantitative estimate of drug-likeness (QED) is 0.261. The van der Waals surface area contributed by atoms with E-state index in [-0.39, 0.29) is 0 Å². The van der Waals surface area contributed by atoms with Gasteiger partial charge in [-0.2, -0.15) is 0 Å². The van der Waals surface area contributed by atoms with E-state index in [1.165, 1.54) is 0 Å². The third-order valence-electron chi connectivity index (χ3n) is 3.79. The van der Waals surface area contributed by atoms with Crippen LogP contribution in [0.3, 0.4) is 0 Å². The molecule has 0 radical (unpaired) electrons. The molecule has 0 amide bonds. The van der Waals surface area contributed by atoms with Crippen molar-refractivity contribution < 1.29 is 39.5 Å². The first-order valence-corrected chi connectivity index (χ1v) is 8.52. The van der Waals surface area contributed by atoms with E-state index in [1.807, 2.05) is 12.1 Å². The number of hydrogen-bond donors (Lipinski definition) is 5. The van der Waals surface area contributed by atoms with Crippen LogP contribution < -0.4 is 5.32 Å². The average molecular weight is 404 g/mol. The molecule has 10 heteroatoms. The Morgan fingerprint density at radius 2 is 1.81 bits per heavy atom. The van der Waals surface area contributed by atoms with Crippen LogP contribution in [0.25, 0.3) is 0 Å². The highest BCUT2D eigenvalue weighted by Crippen LogP contribution is 2.18. The van der Waals surface area contributed by atoms with Crippen LogP contribution in [0.15, 0.2) is 24.3 Å². The average Bonchev–Trinajstić information content (AvgIpc) is 2.60. The molecular weight excluding hydrogens is 382 g/mol. The SMILES string of the molecule is CCC(NCCc1ccc(Cl)cc1)OC(=O)C(O)C(O)(CC(=O)O)C(=O)O. The van der Waals surface area contributed by atoms with E-state index in [4.69, 9.17) is 26.6 Å². The van der Waals surface area contributed by atoms with Crippen LogP contribution in [0.4, 0.5) is 0 Å². The van der Waals surface area contributed by atoms with Crippen LogP contribution in [0, 0.1) is 0 Å². The van der Waals surface area contributed by atoms with Gasteiger partial charge in [0, 0.05) is 11.6 Å². The lowest BCUT2D eigenvalue weighted by atomic mass is 9.93. The number of benzene rings is 1. The molecule has 1 aromatic rings. The summed E-state index contributed by atoms with van der Waals surface area (Å²) in [6.45, 7) is 2.09. The van der Waals surface area contributed by atoms with Crippen LogP contribution in [-0.4, -0.2) is 62.8 Å². The molecule has 27 heavy (non-hydrogen) atoms. The third kappa shape index (κ3) is 6.79. The Morgan fingerprint density at radius 1 is 1.22 bits per heavy atom. The van der Waals surface area contributed by atoms with Gasteiger partial charge in [0.05, 0.1) is 6.42 Å². The van der Waals surface area contributed by atoms with E-state index in [0.29, 0.717) is 24.4 Å². The fourth-order valence-electron chi connectivity index (χ4n) is 2.22. The molecule has 150 valence electrons. The summed E-state index contributed by atoms with van der Waals surface area (Å²) in [6, 6.07) is 7.14. The zero-order valence-electron chi connectivity index (χ0n) is 14.6. The number of carbonyl (C=O) groups excluding carboxylic acids is 1. The maximum absolute atomic E-state index is 12.0. The van der Waals surface area contributed by atoms with Crippen molar-refractivity contribution in [2.45, 2.75) is 44.1 Å². The van der Waals surface area contributed by atoms with Gasteiger partial charge in [-0.1, -0.05) is 30.7 Å². The second-order valence-corrected chi connectivity index (χ2v) is 6.30. The Morgan fingerprint density at radius 3 is 2.30 bits per heavy atom. The van der Waals surface area contributed by atoms with Crippen molar-refractivity contribution in [2.75, 3.05) is 6.54 Å². The molecule has 0 saturated carbocycles. The number of aliphatic carboxylic acids is 2. The summed E-state index contributed by atoms with van der Waals surface area (Å²) in [4.78, 5) is 33.8. The molecule has 3 unspecified atom stereocenters. The molecule has 0 spiro atoms. The molecule has 1 aromatic carbocycles. The highest BCUT2D eigenvalue weighted by molar-refractivity contribution is 6.30. The standard InChI is InChI=1S/C17H22ClNO8/c1-2-12(19-8-7-10-3-5-11(18)6-4-10)27-15(23)14(22)17(26,16(24)25)9-13(20)21/h3-6,12,14,19,22,26H,2,7-9H2,1H3,(H,20,21)(H,24,25). The van der Waals surface area contributed by atoms with Gasteiger partial charge < -0.3 is 25.2 Å². The van der Waals surface area contributed by atoms with Crippen LogP contribution >= 0.6 is 11.6 Å². The molecule has 0 bridgehead atoms. The molecule has 0 aliphatic carbocycles. The monoisotopic (exact) mass is 403 g/mol. The smallest absolute Gasteiger partial charge is 0.340 e. The number of hydrogen-bond acceptors (Lipinski definition) is 7. The Kier molecular flexibility index (Phi) is 8.64. The van der Waals surface area contributed by atoms with E-state index in [0.717, 1.165) is 5.56 Å². The van der Waals surface area contributed by atoms with Gasteiger partial charge >= 0.3 is 17.9 Å². The summed E-state index contributed by atoms with van der Waals surface area (Å²) in [5.41, 5.74) is -2.21. The highest BCUT2D eigenvalue weighted by Gasteiger charge is 2.50. The lowest BCUT2D eigenvalue weighted by molar-refractivity contribution is -0.193. The van der Waals surface area contributed by atoms with Crippen molar-refractivity contribution in [3.8, 4) is 0 Å². The number of nitrogens with one attached hydrogen (secondary N) is 1. The minimum atomic E-state index is -3.19. The first kappa shape index (κ1) is 22.8. The fourth-order valence-corrected chi connectivity index (χ4v) is 2.34. The summed E-state index contributed by atoms with van der Waals surface area (Å²) < 4.78 is 4.96. The first-order chi connectivity index (χ1) is 12.6. The third-order valence-corrected chi connectivity index (χ3v) is 4.05. The Labute approximate surface area is 160 Å². The molecule has 3 atom stereocenters. The lowest BCUT2D eigenvalue weighted by Gasteiger charge is -2.27. The van der Waals surface area contributed by atoms with Crippen LogP contribution in [-0.2, 0) is 25.5 Å². The van der Waals surface area contributed by atoms with Crippen LogP contribution in [0.2, 0.25) is 5.02 Å².